The van der Waals surface area contributed by atoms with E-state index in [4.69, 9.17) is 10.8 Å². The Balaban J connectivity index is 2.11. The fourth-order valence-corrected chi connectivity index (χ4v) is 1.80. The Kier molecular flexibility index (Phi) is 5.80. The number of aliphatic hydroxyl groups is 1. The van der Waals surface area contributed by atoms with Crippen LogP contribution in [0, 0.1) is 0 Å². The summed E-state index contributed by atoms with van der Waals surface area (Å²) in [7, 11) is 0. The number of hydrogen-bond donors (Lipinski definition) is 3. The molecule has 0 unspecified atom stereocenters. The van der Waals surface area contributed by atoms with E-state index in [9.17, 15) is 0 Å². The molecule has 0 aliphatic heterocycles. The molecule has 0 saturated heterocycles. The average Bonchev–Trinajstić information content (AvgIpc) is 2.71. The van der Waals surface area contributed by atoms with Gasteiger partial charge in [0.25, 0.3) is 0 Å². The molecule has 1 aromatic heterocycles. The first-order valence-corrected chi connectivity index (χ1v) is 5.88. The van der Waals surface area contributed by atoms with Crippen molar-refractivity contribution in [2.24, 2.45) is 10.7 Å². The van der Waals surface area contributed by atoms with Gasteiger partial charge in [0.1, 0.15) is 0 Å². The highest BCUT2D eigenvalue weighted by Gasteiger charge is 1.94. The summed E-state index contributed by atoms with van der Waals surface area (Å²) in [4.78, 5) is 5.40. The number of guanidine groups is 1. The first-order valence-electron chi connectivity index (χ1n) is 5.00. The summed E-state index contributed by atoms with van der Waals surface area (Å²) in [5.74, 6) is 0.458. The Bertz CT molecular complexity index is 285. The lowest BCUT2D eigenvalue weighted by molar-refractivity contribution is 0.291. The van der Waals surface area contributed by atoms with Gasteiger partial charge in [-0.05, 0) is 24.3 Å². The van der Waals surface area contributed by atoms with Gasteiger partial charge in [-0.2, -0.15) is 0 Å². The second-order valence-electron chi connectivity index (χ2n) is 3.10. The van der Waals surface area contributed by atoms with Gasteiger partial charge in [0.15, 0.2) is 5.96 Å². The van der Waals surface area contributed by atoms with Gasteiger partial charge in [-0.1, -0.05) is 6.07 Å². The summed E-state index contributed by atoms with van der Waals surface area (Å²) in [5.41, 5.74) is 5.61. The molecule has 4 N–H and O–H groups in total. The second kappa shape index (κ2) is 7.25. The van der Waals surface area contributed by atoms with Crippen LogP contribution in [0.3, 0.4) is 0 Å². The maximum absolute atomic E-state index is 8.55. The van der Waals surface area contributed by atoms with Crippen molar-refractivity contribution in [3.05, 3.63) is 22.4 Å². The quantitative estimate of drug-likeness (QED) is 0.378. The van der Waals surface area contributed by atoms with Crippen molar-refractivity contribution in [1.29, 1.82) is 0 Å². The average molecular weight is 227 g/mol. The predicted molar refractivity (Wildman–Crippen MR) is 64.2 cm³/mol. The Morgan fingerprint density at radius 3 is 3.13 bits per heavy atom. The zero-order chi connectivity index (χ0) is 10.9. The molecule has 0 saturated carbocycles. The lowest BCUT2D eigenvalue weighted by Crippen LogP contribution is -2.33. The van der Waals surface area contributed by atoms with E-state index >= 15 is 0 Å². The second-order valence-corrected chi connectivity index (χ2v) is 4.13. The summed E-state index contributed by atoms with van der Waals surface area (Å²) in [6, 6.07) is 4.14. The van der Waals surface area contributed by atoms with Crippen LogP contribution >= 0.6 is 11.3 Å². The van der Waals surface area contributed by atoms with Gasteiger partial charge >= 0.3 is 0 Å². The van der Waals surface area contributed by atoms with Crippen LogP contribution in [0.2, 0.25) is 0 Å². The van der Waals surface area contributed by atoms with Crippen molar-refractivity contribution in [3.8, 4) is 0 Å². The molecule has 1 aromatic rings. The zero-order valence-electron chi connectivity index (χ0n) is 8.65. The molecule has 0 amide bonds. The standard InChI is InChI=1S/C10H17N3OS/c11-10(12-5-2-7-14)13-6-4-9-3-1-8-15-9/h1,3,8,14H,2,4-7H2,(H3,11,12,13). The SMILES string of the molecule is NC(=NCCCO)NCCc1cccs1. The number of nitrogens with two attached hydrogens (primary N) is 1. The van der Waals surface area contributed by atoms with Crippen LogP contribution < -0.4 is 11.1 Å². The van der Waals surface area contributed by atoms with E-state index in [1.54, 1.807) is 11.3 Å². The molecule has 0 aliphatic carbocycles. The molecular weight excluding hydrogens is 210 g/mol. The van der Waals surface area contributed by atoms with Crippen molar-refractivity contribution in [2.75, 3.05) is 19.7 Å². The Labute approximate surface area is 93.8 Å². The van der Waals surface area contributed by atoms with E-state index in [1.807, 2.05) is 6.07 Å². The van der Waals surface area contributed by atoms with E-state index in [2.05, 4.69) is 21.8 Å². The van der Waals surface area contributed by atoms with E-state index in [1.165, 1.54) is 4.88 Å². The predicted octanol–water partition coefficient (Wildman–Crippen LogP) is 0.577. The minimum Gasteiger partial charge on any atom is -0.396 e. The number of aliphatic hydroxyl groups excluding tert-OH is 1. The number of nitrogens with one attached hydrogen (secondary N) is 1. The van der Waals surface area contributed by atoms with E-state index < -0.39 is 0 Å². The summed E-state index contributed by atoms with van der Waals surface area (Å²) < 4.78 is 0. The van der Waals surface area contributed by atoms with E-state index in [-0.39, 0.29) is 6.61 Å². The normalized spacial score (nSPS) is 11.7. The maximum atomic E-state index is 8.55. The van der Waals surface area contributed by atoms with Crippen LogP contribution in [0.5, 0.6) is 0 Å². The van der Waals surface area contributed by atoms with Crippen molar-refractivity contribution < 1.29 is 5.11 Å². The smallest absolute Gasteiger partial charge is 0.188 e. The van der Waals surface area contributed by atoms with Gasteiger partial charge < -0.3 is 16.2 Å². The molecule has 0 bridgehead atoms. The van der Waals surface area contributed by atoms with E-state index in [0.29, 0.717) is 18.9 Å². The fraction of sp³-hybridized carbons (Fsp3) is 0.500. The van der Waals surface area contributed by atoms with Gasteiger partial charge in [-0.25, -0.2) is 0 Å². The van der Waals surface area contributed by atoms with E-state index in [0.717, 1.165) is 13.0 Å². The number of hydrogen-bond acceptors (Lipinski definition) is 3. The summed E-state index contributed by atoms with van der Waals surface area (Å²) in [5, 5.41) is 13.6. The van der Waals surface area contributed by atoms with Crippen LogP contribution in [0.25, 0.3) is 0 Å². The van der Waals surface area contributed by atoms with Gasteiger partial charge in [0, 0.05) is 24.6 Å². The lowest BCUT2D eigenvalue weighted by Gasteiger charge is -2.03. The summed E-state index contributed by atoms with van der Waals surface area (Å²) >= 11 is 1.74. The molecular formula is C10H17N3OS. The zero-order valence-corrected chi connectivity index (χ0v) is 9.46. The summed E-state index contributed by atoms with van der Waals surface area (Å²) in [6.07, 6.45) is 1.63. The van der Waals surface area contributed by atoms with Crippen LogP contribution in [0.1, 0.15) is 11.3 Å². The van der Waals surface area contributed by atoms with Gasteiger partial charge in [0.2, 0.25) is 0 Å². The molecule has 4 nitrogen and oxygen atoms in total. The molecule has 0 atom stereocenters. The van der Waals surface area contributed by atoms with Gasteiger partial charge in [-0.3, -0.25) is 4.99 Å². The third-order valence-electron chi connectivity index (χ3n) is 1.86. The molecule has 0 fully saturated rings. The van der Waals surface area contributed by atoms with Crippen LogP contribution in [0.4, 0.5) is 0 Å². The highest BCUT2D eigenvalue weighted by Crippen LogP contribution is 2.07. The van der Waals surface area contributed by atoms with Crippen molar-refractivity contribution in [2.45, 2.75) is 12.8 Å². The molecule has 0 aromatic carbocycles. The van der Waals surface area contributed by atoms with Crippen LogP contribution in [0.15, 0.2) is 22.5 Å². The minimum atomic E-state index is 0.159. The van der Waals surface area contributed by atoms with Crippen molar-refractivity contribution >= 4 is 17.3 Å². The first kappa shape index (κ1) is 12.0. The number of rotatable bonds is 6. The number of thiophene rings is 1. The molecule has 1 rings (SSSR count). The number of nitrogens with zero attached hydrogens (tertiary/aromatic N) is 1. The molecule has 0 aliphatic rings. The van der Waals surface area contributed by atoms with Gasteiger partial charge in [-0.15, -0.1) is 11.3 Å². The van der Waals surface area contributed by atoms with Crippen LogP contribution in [-0.4, -0.2) is 30.8 Å². The first-order chi connectivity index (χ1) is 7.33. The molecule has 0 spiro atoms. The minimum absolute atomic E-state index is 0.159. The van der Waals surface area contributed by atoms with Crippen molar-refractivity contribution in [3.63, 3.8) is 0 Å². The number of aliphatic imine (C=N–C) groups is 1. The van der Waals surface area contributed by atoms with Crippen molar-refractivity contribution in [1.82, 2.24) is 5.32 Å². The van der Waals surface area contributed by atoms with Crippen LogP contribution in [-0.2, 0) is 6.42 Å². The Hall–Kier alpha value is -1.07. The Morgan fingerprint density at radius 2 is 2.47 bits per heavy atom. The molecule has 0 radical (unpaired) electrons. The monoisotopic (exact) mass is 227 g/mol. The summed E-state index contributed by atoms with van der Waals surface area (Å²) in [6.45, 7) is 1.54. The molecule has 84 valence electrons. The fourth-order valence-electron chi connectivity index (χ4n) is 1.09. The highest BCUT2D eigenvalue weighted by atomic mass is 32.1. The third-order valence-corrected chi connectivity index (χ3v) is 2.79. The lowest BCUT2D eigenvalue weighted by atomic mass is 10.3. The molecule has 15 heavy (non-hydrogen) atoms. The topological polar surface area (TPSA) is 70.6 Å². The Morgan fingerprint density at radius 1 is 1.60 bits per heavy atom. The molecule has 5 heteroatoms. The highest BCUT2D eigenvalue weighted by molar-refractivity contribution is 7.09. The third kappa shape index (κ3) is 5.39. The largest absolute Gasteiger partial charge is 0.396 e. The molecule has 1 heterocycles. The maximum Gasteiger partial charge on any atom is 0.188 e. The van der Waals surface area contributed by atoms with Gasteiger partial charge in [0.05, 0.1) is 0 Å².